The number of pyridine rings is 1. The fraction of sp³-hybridized carbons (Fsp3) is 0.435. The number of imidazole rings is 1. The van der Waals surface area contributed by atoms with E-state index in [0.717, 1.165) is 29.6 Å². The molecule has 166 valence electrons. The summed E-state index contributed by atoms with van der Waals surface area (Å²) in [5, 5.41) is 0.565. The van der Waals surface area contributed by atoms with Gasteiger partial charge in [0.1, 0.15) is 5.82 Å². The number of rotatable bonds is 3. The number of sulfone groups is 1. The van der Waals surface area contributed by atoms with Gasteiger partial charge < -0.3 is 9.47 Å². The number of fused-ring (bicyclic) bond motifs is 3. The average Bonchev–Trinajstić information content (AvgIpc) is 3.38. The molecule has 9 heteroatoms. The highest BCUT2D eigenvalue weighted by Gasteiger charge is 2.59. The molecule has 1 saturated heterocycles. The highest BCUT2D eigenvalue weighted by atomic mass is 35.5. The molecule has 32 heavy (non-hydrogen) atoms. The van der Waals surface area contributed by atoms with Gasteiger partial charge in [-0.2, -0.15) is 0 Å². The third-order valence-corrected chi connectivity index (χ3v) is 10.5. The molecule has 1 aromatic carbocycles. The third kappa shape index (κ3) is 2.53. The number of anilines is 1. The molecule has 7 nitrogen and oxygen atoms in total. The molecule has 0 bridgehead atoms. The summed E-state index contributed by atoms with van der Waals surface area (Å²) in [5.74, 6) is 0.879. The van der Waals surface area contributed by atoms with E-state index in [4.69, 9.17) is 16.6 Å². The molecule has 0 radical (unpaired) electrons. The number of hydrogen-bond donors (Lipinski definition) is 0. The molecule has 0 N–H and O–H groups in total. The van der Waals surface area contributed by atoms with Crippen molar-refractivity contribution in [3.05, 3.63) is 53.1 Å². The van der Waals surface area contributed by atoms with Gasteiger partial charge in [-0.1, -0.05) is 11.6 Å². The summed E-state index contributed by atoms with van der Waals surface area (Å²) in [4.78, 5) is 24.3. The topological polar surface area (TPSA) is 85.2 Å². The van der Waals surface area contributed by atoms with Gasteiger partial charge in [0, 0.05) is 11.2 Å². The van der Waals surface area contributed by atoms with Crippen molar-refractivity contribution >= 4 is 44.1 Å². The van der Waals surface area contributed by atoms with Crippen LogP contribution in [-0.4, -0.2) is 39.4 Å². The summed E-state index contributed by atoms with van der Waals surface area (Å²) < 4.78 is 26.7. The van der Waals surface area contributed by atoms with E-state index in [1.807, 2.05) is 16.7 Å². The van der Waals surface area contributed by atoms with Crippen LogP contribution < -0.4 is 4.90 Å². The molecule has 3 aliphatic rings. The Morgan fingerprint density at radius 3 is 2.69 bits per heavy atom. The molecular weight excluding hydrogens is 448 g/mol. The first-order valence-corrected chi connectivity index (χ1v) is 12.8. The van der Waals surface area contributed by atoms with Crippen LogP contribution in [0.2, 0.25) is 5.02 Å². The molecule has 1 atom stereocenters. The Labute approximate surface area is 191 Å². The lowest BCUT2D eigenvalue weighted by Crippen LogP contribution is -2.37. The normalized spacial score (nSPS) is 24.4. The van der Waals surface area contributed by atoms with Crippen LogP contribution in [0, 0.1) is 0 Å². The van der Waals surface area contributed by atoms with Crippen molar-refractivity contribution in [3.8, 4) is 0 Å². The number of amides is 1. The molecule has 1 amide bonds. The molecule has 1 saturated carbocycles. The van der Waals surface area contributed by atoms with Crippen LogP contribution in [0.3, 0.4) is 0 Å². The largest absolute Gasteiger partial charge is 0.322 e. The maximum atomic E-state index is 13.4. The first kappa shape index (κ1) is 20.2. The van der Waals surface area contributed by atoms with Crippen LogP contribution in [0.1, 0.15) is 50.5 Å². The van der Waals surface area contributed by atoms with Crippen molar-refractivity contribution in [2.24, 2.45) is 0 Å². The van der Waals surface area contributed by atoms with Gasteiger partial charge >= 0.3 is 0 Å². The van der Waals surface area contributed by atoms with Crippen LogP contribution in [0.15, 0.2) is 36.7 Å². The number of aromatic nitrogens is 3. The van der Waals surface area contributed by atoms with E-state index in [-0.39, 0.29) is 24.2 Å². The Kier molecular flexibility index (Phi) is 3.99. The lowest BCUT2D eigenvalue weighted by atomic mass is 9.99. The summed E-state index contributed by atoms with van der Waals surface area (Å²) in [6, 6.07) is 7.13. The minimum atomic E-state index is -3.25. The molecule has 4 heterocycles. The average molecular weight is 471 g/mol. The van der Waals surface area contributed by atoms with Gasteiger partial charge in [0.05, 0.1) is 51.4 Å². The summed E-state index contributed by atoms with van der Waals surface area (Å²) in [5.41, 5.74) is 2.97. The van der Waals surface area contributed by atoms with E-state index in [9.17, 15) is 13.2 Å². The lowest BCUT2D eigenvalue weighted by molar-refractivity contribution is -0.120. The zero-order chi connectivity index (χ0) is 22.5. The van der Waals surface area contributed by atoms with Gasteiger partial charge in [-0.05, 0) is 62.9 Å². The van der Waals surface area contributed by atoms with Crippen molar-refractivity contribution < 1.29 is 13.2 Å². The van der Waals surface area contributed by atoms with Crippen LogP contribution >= 0.6 is 11.6 Å². The molecule has 2 aromatic heterocycles. The Morgan fingerprint density at radius 2 is 2.00 bits per heavy atom. The highest BCUT2D eigenvalue weighted by molar-refractivity contribution is 7.93. The van der Waals surface area contributed by atoms with E-state index in [0.29, 0.717) is 22.8 Å². The SMILES string of the molecule is CC1(C)C(n2c(CN3C(=O)C4(CC4)c4ccncc43)nc3cc(Cl)ccc32)CCS1(=O)=O. The van der Waals surface area contributed by atoms with Gasteiger partial charge in [0.15, 0.2) is 9.84 Å². The monoisotopic (exact) mass is 470 g/mol. The minimum absolute atomic E-state index is 0.0791. The smallest absolute Gasteiger partial charge is 0.238 e. The molecule has 2 aliphatic heterocycles. The number of carbonyl (C=O) groups excluding carboxylic acids is 1. The van der Waals surface area contributed by atoms with Crippen LogP contribution in [-0.2, 0) is 26.6 Å². The zero-order valence-corrected chi connectivity index (χ0v) is 19.4. The quantitative estimate of drug-likeness (QED) is 0.581. The fourth-order valence-electron chi connectivity index (χ4n) is 5.50. The molecule has 1 spiro atoms. The van der Waals surface area contributed by atoms with Crippen LogP contribution in [0.25, 0.3) is 11.0 Å². The highest BCUT2D eigenvalue weighted by Crippen LogP contribution is 2.57. The number of hydrogen-bond acceptors (Lipinski definition) is 5. The summed E-state index contributed by atoms with van der Waals surface area (Å²) >= 11 is 6.23. The van der Waals surface area contributed by atoms with Gasteiger partial charge in [-0.15, -0.1) is 0 Å². The van der Waals surface area contributed by atoms with Gasteiger partial charge in [-0.25, -0.2) is 13.4 Å². The minimum Gasteiger partial charge on any atom is -0.322 e. The molecular formula is C23H23ClN4O3S. The molecule has 1 unspecified atom stereocenters. The van der Waals surface area contributed by atoms with Crippen molar-refractivity contribution in [1.29, 1.82) is 0 Å². The maximum absolute atomic E-state index is 13.4. The first-order valence-electron chi connectivity index (χ1n) is 10.8. The van der Waals surface area contributed by atoms with E-state index in [1.165, 1.54) is 0 Å². The van der Waals surface area contributed by atoms with Crippen molar-refractivity contribution in [2.45, 2.75) is 55.9 Å². The molecule has 2 fully saturated rings. The van der Waals surface area contributed by atoms with Gasteiger partial charge in [0.25, 0.3) is 0 Å². The van der Waals surface area contributed by atoms with Gasteiger partial charge in [0.2, 0.25) is 5.91 Å². The maximum Gasteiger partial charge on any atom is 0.238 e. The summed E-state index contributed by atoms with van der Waals surface area (Å²) in [7, 11) is -3.25. The van der Waals surface area contributed by atoms with Crippen molar-refractivity contribution in [1.82, 2.24) is 14.5 Å². The molecule has 6 rings (SSSR count). The predicted molar refractivity (Wildman–Crippen MR) is 123 cm³/mol. The van der Waals surface area contributed by atoms with E-state index in [1.54, 1.807) is 43.3 Å². The second-order valence-electron chi connectivity index (χ2n) is 9.62. The predicted octanol–water partition coefficient (Wildman–Crippen LogP) is 3.80. The second-order valence-corrected chi connectivity index (χ2v) is 12.8. The number of halogens is 1. The second kappa shape index (κ2) is 6.32. The first-order chi connectivity index (χ1) is 15.2. The van der Waals surface area contributed by atoms with Gasteiger partial charge in [-0.3, -0.25) is 9.78 Å². The van der Waals surface area contributed by atoms with E-state index < -0.39 is 20.0 Å². The fourth-order valence-corrected chi connectivity index (χ4v) is 7.37. The van der Waals surface area contributed by atoms with Crippen LogP contribution in [0.4, 0.5) is 5.69 Å². The van der Waals surface area contributed by atoms with Crippen molar-refractivity contribution in [3.63, 3.8) is 0 Å². The standard InChI is InChI=1S/C23H23ClN4O3S/c1-22(2)19(6-10-32(22,30)31)28-17-4-3-14(24)11-16(17)26-20(28)13-27-18-12-25-9-5-15(18)23(7-8-23)21(27)29/h3-5,9,11-12,19H,6-8,10,13H2,1-2H3. The van der Waals surface area contributed by atoms with Crippen LogP contribution in [0.5, 0.6) is 0 Å². The summed E-state index contributed by atoms with van der Waals surface area (Å²) in [6.45, 7) is 3.83. The number of benzene rings is 1. The number of carbonyl (C=O) groups is 1. The van der Waals surface area contributed by atoms with E-state index in [2.05, 4.69) is 4.98 Å². The van der Waals surface area contributed by atoms with Crippen molar-refractivity contribution in [2.75, 3.05) is 10.7 Å². The zero-order valence-electron chi connectivity index (χ0n) is 17.9. The Morgan fingerprint density at radius 1 is 1.22 bits per heavy atom. The Balaban J connectivity index is 1.51. The summed E-state index contributed by atoms with van der Waals surface area (Å²) in [6.07, 6.45) is 5.68. The number of nitrogens with zero attached hydrogens (tertiary/aromatic N) is 4. The third-order valence-electron chi connectivity index (χ3n) is 7.61. The lowest BCUT2D eigenvalue weighted by Gasteiger charge is -2.29. The Hall–Kier alpha value is -2.45. The molecule has 3 aromatic rings. The Bertz CT molecular complexity index is 1410. The molecule has 1 aliphatic carbocycles. The van der Waals surface area contributed by atoms with E-state index >= 15 is 0 Å².